The molecule has 4 N–H and O–H groups in total. The lowest BCUT2D eigenvalue weighted by molar-refractivity contribution is -0.138. The van der Waals surface area contributed by atoms with Gasteiger partial charge in [0.1, 0.15) is 0 Å². The first-order valence-corrected chi connectivity index (χ1v) is 4.16. The molecular formula is C8H18O5. The number of carboxylic acid groups (broad SMARTS) is 1. The van der Waals surface area contributed by atoms with E-state index in [2.05, 4.69) is 0 Å². The van der Waals surface area contributed by atoms with Gasteiger partial charge in [0.25, 0.3) is 0 Å². The molecule has 0 aliphatic carbocycles. The molecule has 1 atom stereocenters. The van der Waals surface area contributed by atoms with E-state index in [1.165, 1.54) is 6.92 Å². The van der Waals surface area contributed by atoms with E-state index in [0.717, 1.165) is 12.8 Å². The average Bonchev–Trinajstić information content (AvgIpc) is 1.99. The van der Waals surface area contributed by atoms with Crippen molar-refractivity contribution >= 4 is 5.97 Å². The molecule has 13 heavy (non-hydrogen) atoms. The Morgan fingerprint density at radius 2 is 1.62 bits per heavy atom. The van der Waals surface area contributed by atoms with Crippen LogP contribution in [0.5, 0.6) is 0 Å². The lowest BCUT2D eigenvalue weighted by atomic mass is 10.3. The van der Waals surface area contributed by atoms with Gasteiger partial charge in [0.15, 0.2) is 0 Å². The lowest BCUT2D eigenvalue weighted by Gasteiger charge is -1.94. The molecule has 1 unspecified atom stereocenters. The molecule has 80 valence electrons. The highest BCUT2D eigenvalue weighted by Gasteiger charge is 2.00. The van der Waals surface area contributed by atoms with Crippen molar-refractivity contribution in [2.24, 2.45) is 0 Å². The number of aliphatic carboxylic acids is 1. The largest absolute Gasteiger partial charge is 0.481 e. The monoisotopic (exact) mass is 194 g/mol. The molecule has 0 aromatic carbocycles. The number of carboxylic acids is 1. The van der Waals surface area contributed by atoms with Crippen molar-refractivity contribution < 1.29 is 25.2 Å². The van der Waals surface area contributed by atoms with Crippen LogP contribution in [0.3, 0.4) is 0 Å². The highest BCUT2D eigenvalue weighted by atomic mass is 16.4. The Labute approximate surface area is 77.6 Å². The summed E-state index contributed by atoms with van der Waals surface area (Å²) in [4.78, 5) is 9.65. The van der Waals surface area contributed by atoms with Crippen molar-refractivity contribution in [2.45, 2.75) is 32.3 Å². The van der Waals surface area contributed by atoms with Gasteiger partial charge in [0, 0.05) is 13.2 Å². The van der Waals surface area contributed by atoms with Gasteiger partial charge in [-0.1, -0.05) is 0 Å². The second kappa shape index (κ2) is 11.4. The van der Waals surface area contributed by atoms with Gasteiger partial charge < -0.3 is 20.4 Å². The van der Waals surface area contributed by atoms with Gasteiger partial charge in [0.05, 0.1) is 12.5 Å². The first-order valence-electron chi connectivity index (χ1n) is 4.16. The van der Waals surface area contributed by atoms with Crippen molar-refractivity contribution in [1.82, 2.24) is 0 Å². The molecule has 0 aromatic rings. The number of carbonyl (C=O) groups is 1. The van der Waals surface area contributed by atoms with Gasteiger partial charge in [-0.2, -0.15) is 0 Å². The molecule has 0 rings (SSSR count). The number of rotatable bonds is 5. The van der Waals surface area contributed by atoms with Crippen LogP contribution in [-0.2, 0) is 4.79 Å². The fourth-order valence-corrected chi connectivity index (χ4v) is 0.476. The zero-order valence-corrected chi connectivity index (χ0v) is 7.81. The first-order chi connectivity index (χ1) is 6.04. The maximum Gasteiger partial charge on any atom is 0.305 e. The Bertz CT molecular complexity index is 109. The molecular weight excluding hydrogens is 176 g/mol. The van der Waals surface area contributed by atoms with Gasteiger partial charge >= 0.3 is 5.97 Å². The Morgan fingerprint density at radius 3 is 1.69 bits per heavy atom. The quantitative estimate of drug-likeness (QED) is 0.446. The minimum absolute atomic E-state index is 0.167. The van der Waals surface area contributed by atoms with Crippen molar-refractivity contribution in [2.75, 3.05) is 13.2 Å². The first kappa shape index (κ1) is 14.9. The zero-order valence-electron chi connectivity index (χ0n) is 7.81. The average molecular weight is 194 g/mol. The van der Waals surface area contributed by atoms with E-state index in [-0.39, 0.29) is 19.6 Å². The second-order valence-electron chi connectivity index (χ2n) is 2.60. The van der Waals surface area contributed by atoms with E-state index in [1.54, 1.807) is 0 Å². The lowest BCUT2D eigenvalue weighted by Crippen LogP contribution is -2.07. The van der Waals surface area contributed by atoms with Crippen molar-refractivity contribution in [3.63, 3.8) is 0 Å². The number of unbranched alkanes of at least 4 members (excludes halogenated alkanes) is 1. The summed E-state index contributed by atoms with van der Waals surface area (Å²) in [6.07, 6.45) is 0.546. The molecule has 0 amide bonds. The molecule has 5 nitrogen and oxygen atoms in total. The highest BCUT2D eigenvalue weighted by Crippen LogP contribution is 1.85. The Morgan fingerprint density at radius 1 is 1.23 bits per heavy atom. The molecule has 0 aliphatic heterocycles. The van der Waals surface area contributed by atoms with E-state index in [0.29, 0.717) is 0 Å². The van der Waals surface area contributed by atoms with Crippen molar-refractivity contribution in [3.8, 4) is 0 Å². The van der Waals surface area contributed by atoms with Crippen LogP contribution in [0.25, 0.3) is 0 Å². The van der Waals surface area contributed by atoms with Crippen molar-refractivity contribution in [1.29, 1.82) is 0 Å². The van der Waals surface area contributed by atoms with Crippen LogP contribution in [-0.4, -0.2) is 45.7 Å². The summed E-state index contributed by atoms with van der Waals surface area (Å²) in [5.74, 6) is -0.963. The maximum absolute atomic E-state index is 9.65. The molecule has 5 heteroatoms. The molecule has 0 saturated heterocycles. The molecule has 0 aromatic heterocycles. The Hall–Kier alpha value is -0.650. The minimum atomic E-state index is -0.963. The molecule has 0 bridgehead atoms. The van der Waals surface area contributed by atoms with Gasteiger partial charge in [-0.15, -0.1) is 0 Å². The molecule has 0 spiro atoms. The van der Waals surface area contributed by atoms with E-state index in [9.17, 15) is 4.79 Å². The minimum Gasteiger partial charge on any atom is -0.481 e. The summed E-state index contributed by atoms with van der Waals surface area (Å²) in [7, 11) is 0. The van der Waals surface area contributed by atoms with Gasteiger partial charge in [-0.05, 0) is 19.8 Å². The molecule has 0 saturated carbocycles. The van der Waals surface area contributed by atoms with Crippen molar-refractivity contribution in [3.05, 3.63) is 0 Å². The maximum atomic E-state index is 9.65. The number of aliphatic hydroxyl groups excluding tert-OH is 3. The molecule has 0 heterocycles. The molecule has 0 radical (unpaired) electrons. The fraction of sp³-hybridized carbons (Fsp3) is 0.875. The summed E-state index contributed by atoms with van der Waals surface area (Å²) in [5, 5.41) is 32.4. The fourth-order valence-electron chi connectivity index (χ4n) is 0.476. The van der Waals surface area contributed by atoms with Gasteiger partial charge in [0.2, 0.25) is 0 Å². The number of aliphatic hydroxyl groups is 3. The highest BCUT2D eigenvalue weighted by molar-refractivity contribution is 5.67. The standard InChI is InChI=1S/C4H8O3.C4H10O2/c1-3(5)2-4(6)7;5-3-1-2-4-6/h3,5H,2H2,1H3,(H,6,7);5-6H,1-4H2. The number of hydrogen-bond donors (Lipinski definition) is 4. The van der Waals surface area contributed by atoms with Crippen LogP contribution in [0, 0.1) is 0 Å². The summed E-state index contributed by atoms with van der Waals surface area (Å²) in [6.45, 7) is 1.83. The molecule has 0 fully saturated rings. The normalized spacial score (nSPS) is 11.4. The summed E-state index contributed by atoms with van der Waals surface area (Å²) >= 11 is 0. The van der Waals surface area contributed by atoms with E-state index in [1.807, 2.05) is 0 Å². The third-order valence-electron chi connectivity index (χ3n) is 1.04. The van der Waals surface area contributed by atoms with Crippen LogP contribution in [0.4, 0.5) is 0 Å². The Balaban J connectivity index is 0. The third kappa shape index (κ3) is 24.6. The molecule has 0 aliphatic rings. The van der Waals surface area contributed by atoms with Gasteiger partial charge in [-0.25, -0.2) is 0 Å². The van der Waals surface area contributed by atoms with E-state index >= 15 is 0 Å². The topological polar surface area (TPSA) is 98.0 Å². The predicted molar refractivity (Wildman–Crippen MR) is 47.3 cm³/mol. The van der Waals surface area contributed by atoms with E-state index in [4.69, 9.17) is 20.4 Å². The van der Waals surface area contributed by atoms with E-state index < -0.39 is 12.1 Å². The summed E-state index contributed by atoms with van der Waals surface area (Å²) < 4.78 is 0. The van der Waals surface area contributed by atoms with Crippen LogP contribution in [0.1, 0.15) is 26.2 Å². The summed E-state index contributed by atoms with van der Waals surface area (Å²) in [5.41, 5.74) is 0. The summed E-state index contributed by atoms with van der Waals surface area (Å²) in [6, 6.07) is 0. The third-order valence-corrected chi connectivity index (χ3v) is 1.04. The van der Waals surface area contributed by atoms with Crippen LogP contribution in [0.2, 0.25) is 0 Å². The van der Waals surface area contributed by atoms with Crippen LogP contribution < -0.4 is 0 Å². The number of hydrogen-bond acceptors (Lipinski definition) is 4. The van der Waals surface area contributed by atoms with Crippen LogP contribution >= 0.6 is 0 Å². The Kier molecular flexibility index (Phi) is 13.0. The zero-order chi connectivity index (χ0) is 10.7. The van der Waals surface area contributed by atoms with Crippen LogP contribution in [0.15, 0.2) is 0 Å². The predicted octanol–water partition coefficient (Wildman–Crippen LogP) is -0.407. The SMILES string of the molecule is CC(O)CC(=O)O.OCCCCO. The second-order valence-corrected chi connectivity index (χ2v) is 2.60. The smallest absolute Gasteiger partial charge is 0.305 e. The van der Waals surface area contributed by atoms with Gasteiger partial charge in [-0.3, -0.25) is 4.79 Å².